The molecule has 3 aromatic rings. The van der Waals surface area contributed by atoms with E-state index in [4.69, 9.17) is 0 Å². The largest absolute Gasteiger partial charge is 0.357 e. The molecule has 1 aromatic carbocycles. The molecule has 1 aliphatic heterocycles. The number of rotatable bonds is 4. The topological polar surface area (TPSA) is 44.0 Å². The summed E-state index contributed by atoms with van der Waals surface area (Å²) in [5.41, 5.74) is 5.02. The second kappa shape index (κ2) is 6.48. The first-order chi connectivity index (χ1) is 12.1. The Morgan fingerprint density at radius 3 is 3.04 bits per heavy atom. The first-order valence-electron chi connectivity index (χ1n) is 8.78. The minimum atomic E-state index is -0.246. The number of H-pyrrole nitrogens is 1. The van der Waals surface area contributed by atoms with E-state index in [9.17, 15) is 4.39 Å². The van der Waals surface area contributed by atoms with Crippen molar-refractivity contribution in [2.24, 2.45) is 0 Å². The molecule has 0 saturated carbocycles. The van der Waals surface area contributed by atoms with Crippen molar-refractivity contribution in [3.8, 4) is 0 Å². The minimum absolute atomic E-state index is 0.246. The summed E-state index contributed by atoms with van der Waals surface area (Å²) in [4.78, 5) is 9.69. The zero-order chi connectivity index (χ0) is 17.4. The fourth-order valence-electron chi connectivity index (χ4n) is 3.59. The van der Waals surface area contributed by atoms with Crippen LogP contribution >= 0.6 is 0 Å². The number of halogens is 1. The molecule has 0 amide bonds. The van der Waals surface area contributed by atoms with Gasteiger partial charge >= 0.3 is 0 Å². The van der Waals surface area contributed by atoms with E-state index < -0.39 is 0 Å². The van der Waals surface area contributed by atoms with E-state index in [0.29, 0.717) is 11.9 Å². The van der Waals surface area contributed by atoms with Crippen LogP contribution in [0.2, 0.25) is 0 Å². The third kappa shape index (κ3) is 3.12. The quantitative estimate of drug-likeness (QED) is 0.762. The van der Waals surface area contributed by atoms with Crippen molar-refractivity contribution in [2.75, 3.05) is 18.0 Å². The van der Waals surface area contributed by atoms with Crippen LogP contribution in [0.3, 0.4) is 0 Å². The van der Waals surface area contributed by atoms with Gasteiger partial charge in [-0.15, -0.1) is 0 Å². The number of pyridine rings is 1. The molecule has 4 nitrogen and oxygen atoms in total. The number of fused-ring (bicyclic) bond motifs is 1. The average Bonchev–Trinajstić information content (AvgIpc) is 3.24. The minimum Gasteiger partial charge on any atom is -0.357 e. The third-order valence-electron chi connectivity index (χ3n) is 5.21. The van der Waals surface area contributed by atoms with Crippen molar-refractivity contribution < 1.29 is 4.39 Å². The van der Waals surface area contributed by atoms with Crippen LogP contribution in [-0.2, 0) is 6.54 Å². The van der Waals surface area contributed by atoms with Gasteiger partial charge < -0.3 is 15.2 Å². The van der Waals surface area contributed by atoms with E-state index in [0.717, 1.165) is 26.1 Å². The molecular formula is C20H23FN4. The van der Waals surface area contributed by atoms with Gasteiger partial charge in [0.1, 0.15) is 0 Å². The van der Waals surface area contributed by atoms with Gasteiger partial charge in [0, 0.05) is 48.5 Å². The van der Waals surface area contributed by atoms with Crippen LogP contribution in [0.4, 0.5) is 10.2 Å². The van der Waals surface area contributed by atoms with Gasteiger partial charge in [-0.1, -0.05) is 6.07 Å². The van der Waals surface area contributed by atoms with Gasteiger partial charge in [-0.25, -0.2) is 9.37 Å². The van der Waals surface area contributed by atoms with Gasteiger partial charge in [-0.05, 0) is 55.7 Å². The monoisotopic (exact) mass is 338 g/mol. The number of anilines is 1. The Balaban J connectivity index is 1.41. The molecule has 2 aromatic heterocycles. The number of nitrogens with zero attached hydrogens (tertiary/aromatic N) is 2. The molecule has 0 aliphatic carbocycles. The molecule has 1 fully saturated rings. The second-order valence-electron chi connectivity index (χ2n) is 6.88. The van der Waals surface area contributed by atoms with Crippen molar-refractivity contribution in [3.63, 3.8) is 0 Å². The smallest absolute Gasteiger partial charge is 0.165 e. The lowest BCUT2D eigenvalue weighted by Crippen LogP contribution is -2.32. The highest BCUT2D eigenvalue weighted by Gasteiger charge is 2.25. The predicted octanol–water partition coefficient (Wildman–Crippen LogP) is 3.69. The molecule has 2 N–H and O–H groups in total. The number of benzene rings is 1. The molecule has 0 spiro atoms. The Morgan fingerprint density at radius 2 is 2.20 bits per heavy atom. The standard InChI is InChI=1S/C20H23FN4/c1-13-5-6-19-17(14(13)2)10-16(24-19)11-23-15-7-9-25(12-15)20-18(21)4-3-8-22-20/h3-6,8,10,15,23-24H,7,9,11-12H2,1-2H3. The summed E-state index contributed by atoms with van der Waals surface area (Å²) in [7, 11) is 0. The summed E-state index contributed by atoms with van der Waals surface area (Å²) in [5.74, 6) is 0.216. The fraction of sp³-hybridized carbons (Fsp3) is 0.350. The van der Waals surface area contributed by atoms with Crippen LogP contribution in [0, 0.1) is 19.7 Å². The maximum Gasteiger partial charge on any atom is 0.165 e. The first-order valence-corrected chi connectivity index (χ1v) is 8.78. The lowest BCUT2D eigenvalue weighted by molar-refractivity contribution is 0.545. The van der Waals surface area contributed by atoms with Crippen molar-refractivity contribution in [1.82, 2.24) is 15.3 Å². The van der Waals surface area contributed by atoms with Crippen LogP contribution in [0.1, 0.15) is 23.2 Å². The van der Waals surface area contributed by atoms with Crippen molar-refractivity contribution >= 4 is 16.7 Å². The molecule has 1 saturated heterocycles. The Labute approximate surface area is 147 Å². The van der Waals surface area contributed by atoms with Gasteiger partial charge in [-0.3, -0.25) is 0 Å². The van der Waals surface area contributed by atoms with E-state index in [1.165, 1.54) is 33.8 Å². The van der Waals surface area contributed by atoms with Crippen LogP contribution in [0.25, 0.3) is 10.9 Å². The SMILES string of the molecule is Cc1ccc2[nH]c(CNC3CCN(c4ncccc4F)C3)cc2c1C. The van der Waals surface area contributed by atoms with E-state index in [1.54, 1.807) is 12.3 Å². The normalized spacial score (nSPS) is 17.6. The number of aromatic nitrogens is 2. The zero-order valence-electron chi connectivity index (χ0n) is 14.6. The van der Waals surface area contributed by atoms with E-state index in [1.807, 2.05) is 4.90 Å². The molecule has 0 bridgehead atoms. The summed E-state index contributed by atoms with van der Waals surface area (Å²) in [6.07, 6.45) is 2.64. The first kappa shape index (κ1) is 16.1. The van der Waals surface area contributed by atoms with Crippen LogP contribution in [0.15, 0.2) is 36.5 Å². The molecule has 1 unspecified atom stereocenters. The summed E-state index contributed by atoms with van der Waals surface area (Å²) in [6, 6.07) is 9.97. The summed E-state index contributed by atoms with van der Waals surface area (Å²) < 4.78 is 13.9. The maximum absolute atomic E-state index is 13.9. The Kier molecular flexibility index (Phi) is 4.17. The highest BCUT2D eigenvalue weighted by molar-refractivity contribution is 5.84. The van der Waals surface area contributed by atoms with Gasteiger partial charge in [0.25, 0.3) is 0 Å². The Bertz CT molecular complexity index is 902. The molecule has 0 radical (unpaired) electrons. The summed E-state index contributed by atoms with van der Waals surface area (Å²) in [5, 5.41) is 4.88. The van der Waals surface area contributed by atoms with Gasteiger partial charge in [0.05, 0.1) is 0 Å². The van der Waals surface area contributed by atoms with Crippen molar-refractivity contribution in [2.45, 2.75) is 32.9 Å². The molecule has 5 heteroatoms. The molecule has 3 heterocycles. The molecule has 1 aliphatic rings. The summed E-state index contributed by atoms with van der Waals surface area (Å²) >= 11 is 0. The molecular weight excluding hydrogens is 315 g/mol. The number of hydrogen-bond acceptors (Lipinski definition) is 3. The van der Waals surface area contributed by atoms with E-state index >= 15 is 0 Å². The highest BCUT2D eigenvalue weighted by Crippen LogP contribution is 2.23. The Morgan fingerprint density at radius 1 is 1.32 bits per heavy atom. The van der Waals surface area contributed by atoms with Crippen LogP contribution in [-0.4, -0.2) is 29.1 Å². The predicted molar refractivity (Wildman–Crippen MR) is 99.4 cm³/mol. The van der Waals surface area contributed by atoms with E-state index in [-0.39, 0.29) is 5.82 Å². The Hall–Kier alpha value is -2.40. The van der Waals surface area contributed by atoms with Crippen LogP contribution in [0.5, 0.6) is 0 Å². The number of aromatic amines is 1. The number of hydrogen-bond donors (Lipinski definition) is 2. The van der Waals surface area contributed by atoms with Crippen molar-refractivity contribution in [1.29, 1.82) is 0 Å². The van der Waals surface area contributed by atoms with Crippen molar-refractivity contribution in [3.05, 3.63) is 59.2 Å². The zero-order valence-corrected chi connectivity index (χ0v) is 14.6. The maximum atomic E-state index is 13.9. The lowest BCUT2D eigenvalue weighted by Gasteiger charge is -2.18. The molecule has 130 valence electrons. The van der Waals surface area contributed by atoms with E-state index in [2.05, 4.69) is 47.3 Å². The molecule has 25 heavy (non-hydrogen) atoms. The lowest BCUT2D eigenvalue weighted by atomic mass is 10.1. The van der Waals surface area contributed by atoms with Gasteiger partial charge in [0.2, 0.25) is 0 Å². The third-order valence-corrected chi connectivity index (χ3v) is 5.21. The molecule has 1 atom stereocenters. The fourth-order valence-corrected chi connectivity index (χ4v) is 3.59. The average molecular weight is 338 g/mol. The second-order valence-corrected chi connectivity index (χ2v) is 6.88. The van der Waals surface area contributed by atoms with Gasteiger partial charge in [0.15, 0.2) is 11.6 Å². The number of aryl methyl sites for hydroxylation is 2. The summed E-state index contributed by atoms with van der Waals surface area (Å²) in [6.45, 7) is 6.71. The van der Waals surface area contributed by atoms with Crippen LogP contribution < -0.4 is 10.2 Å². The van der Waals surface area contributed by atoms with Gasteiger partial charge in [-0.2, -0.15) is 0 Å². The highest BCUT2D eigenvalue weighted by atomic mass is 19.1. The molecule has 4 rings (SSSR count). The number of nitrogens with one attached hydrogen (secondary N) is 2.